The molecule has 3 aliphatic rings. The van der Waals surface area contributed by atoms with Gasteiger partial charge in [-0.2, -0.15) is 0 Å². The van der Waals surface area contributed by atoms with E-state index in [4.69, 9.17) is 28.4 Å². The number of aliphatic imine (C=N–C) groups is 1. The Balaban J connectivity index is 1.95. The summed E-state index contributed by atoms with van der Waals surface area (Å²) in [6.07, 6.45) is -24.4. The van der Waals surface area contributed by atoms with E-state index in [9.17, 15) is 65.8 Å². The Kier molecular flexibility index (Phi) is 13.5. The standard InChI is InChI=1S/C25H42N2O19/c1-8(31)27-14-17(36)19(12(6-30)42-22(14)38)44-23-18(37)21(16(35)11(5-29)43-23)46-25(24(39)40)3-9(32)13(26-7-41-2)20(45-25)15(34)10(33)4-28/h7,9-23,28-30,32-38H,3-6H2,1-2H3,(H,27,31)(H,39,40)/b26-7-. The zero-order valence-corrected chi connectivity index (χ0v) is 24.7. The minimum Gasteiger partial charge on any atom is -0.487 e. The molecule has 0 aromatic heterocycles. The largest absolute Gasteiger partial charge is 0.487 e. The third-order valence-electron chi connectivity index (χ3n) is 7.80. The summed E-state index contributed by atoms with van der Waals surface area (Å²) in [7, 11) is 1.20. The molecule has 1 amide bonds. The van der Waals surface area contributed by atoms with Gasteiger partial charge in [0.2, 0.25) is 5.91 Å². The maximum Gasteiger partial charge on any atom is 0.364 e. The third-order valence-corrected chi connectivity index (χ3v) is 7.80. The van der Waals surface area contributed by atoms with Crippen LogP contribution in [-0.4, -0.2) is 199 Å². The quantitative estimate of drug-likeness (QED) is 0.0637. The Morgan fingerprint density at radius 3 is 2.20 bits per heavy atom. The lowest BCUT2D eigenvalue weighted by Gasteiger charge is -2.50. The Hall–Kier alpha value is -2.19. The van der Waals surface area contributed by atoms with Gasteiger partial charge < -0.3 is 89.9 Å². The van der Waals surface area contributed by atoms with E-state index in [1.807, 2.05) is 0 Å². The minimum absolute atomic E-state index is 0.683. The van der Waals surface area contributed by atoms with Crippen LogP contribution >= 0.6 is 0 Å². The number of hydrogen-bond acceptors (Lipinski definition) is 19. The summed E-state index contributed by atoms with van der Waals surface area (Å²) in [6.45, 7) is -1.75. The zero-order chi connectivity index (χ0) is 34.5. The first-order valence-corrected chi connectivity index (χ1v) is 14.1. The number of carbonyl (C=O) groups is 2. The Morgan fingerprint density at radius 1 is 1.00 bits per heavy atom. The van der Waals surface area contributed by atoms with Crippen molar-refractivity contribution < 1.29 is 94.2 Å². The summed E-state index contributed by atoms with van der Waals surface area (Å²) in [5.74, 6) is -5.61. The number of nitrogens with zero attached hydrogens (tertiary/aromatic N) is 1. The number of carboxylic acid groups (broad SMARTS) is 1. The summed E-state index contributed by atoms with van der Waals surface area (Å²) < 4.78 is 32.2. The first-order chi connectivity index (χ1) is 21.7. The van der Waals surface area contributed by atoms with Crippen molar-refractivity contribution in [3.05, 3.63) is 0 Å². The highest BCUT2D eigenvalue weighted by atomic mass is 16.8. The van der Waals surface area contributed by atoms with E-state index in [1.165, 1.54) is 7.11 Å². The van der Waals surface area contributed by atoms with Gasteiger partial charge in [-0.05, 0) is 0 Å². The van der Waals surface area contributed by atoms with Crippen LogP contribution in [0.1, 0.15) is 13.3 Å². The molecule has 12 N–H and O–H groups in total. The van der Waals surface area contributed by atoms with Crippen molar-refractivity contribution in [3.8, 4) is 0 Å². The van der Waals surface area contributed by atoms with E-state index in [2.05, 4.69) is 10.3 Å². The van der Waals surface area contributed by atoms with Crippen LogP contribution in [0.25, 0.3) is 0 Å². The summed E-state index contributed by atoms with van der Waals surface area (Å²) in [5, 5.41) is 116. The Labute approximate surface area is 261 Å². The van der Waals surface area contributed by atoms with Crippen molar-refractivity contribution in [2.24, 2.45) is 4.99 Å². The first kappa shape index (κ1) is 38.3. The molecule has 3 heterocycles. The highest BCUT2D eigenvalue weighted by Gasteiger charge is 2.60. The van der Waals surface area contributed by atoms with Crippen LogP contribution in [-0.2, 0) is 38.0 Å². The van der Waals surface area contributed by atoms with Gasteiger partial charge in [0.25, 0.3) is 5.79 Å². The molecule has 46 heavy (non-hydrogen) atoms. The van der Waals surface area contributed by atoms with Crippen LogP contribution in [0.4, 0.5) is 0 Å². The van der Waals surface area contributed by atoms with Crippen molar-refractivity contribution >= 4 is 18.3 Å². The Morgan fingerprint density at radius 2 is 1.65 bits per heavy atom. The number of ether oxygens (including phenoxy) is 6. The molecule has 3 aliphatic heterocycles. The lowest BCUT2D eigenvalue weighted by atomic mass is 9.88. The topological polar surface area (TPSA) is 336 Å². The highest BCUT2D eigenvalue weighted by molar-refractivity contribution is 5.76. The number of carboxylic acids is 1. The second kappa shape index (κ2) is 16.3. The molecule has 0 aromatic carbocycles. The molecule has 0 radical (unpaired) electrons. The molecular weight excluding hydrogens is 632 g/mol. The molecule has 16 atom stereocenters. The molecule has 21 heteroatoms. The van der Waals surface area contributed by atoms with Gasteiger partial charge in [0.1, 0.15) is 73.1 Å². The third kappa shape index (κ3) is 8.08. The van der Waals surface area contributed by atoms with E-state index in [0.717, 1.165) is 13.3 Å². The number of hydrogen-bond donors (Lipinski definition) is 12. The van der Waals surface area contributed by atoms with Crippen LogP contribution in [0.2, 0.25) is 0 Å². The SMILES string of the molecule is CO/C=N\C1C(O)CC(OC2C(O)C(CO)OC(OC3C(CO)OC(O)C(NC(C)=O)C3O)C2O)(C(=O)O)OC1C(O)C(O)CO. The molecule has 0 aromatic rings. The lowest BCUT2D eigenvalue weighted by molar-refractivity contribution is -0.381. The molecule has 266 valence electrons. The van der Waals surface area contributed by atoms with E-state index in [0.29, 0.717) is 0 Å². The molecule has 3 rings (SSSR count). The fourth-order valence-corrected chi connectivity index (χ4v) is 5.45. The average molecular weight is 675 g/mol. The maximum atomic E-state index is 12.6. The second-order valence-corrected chi connectivity index (χ2v) is 11.0. The monoisotopic (exact) mass is 674 g/mol. The van der Waals surface area contributed by atoms with Crippen molar-refractivity contribution in [2.45, 2.75) is 111 Å². The highest BCUT2D eigenvalue weighted by Crippen LogP contribution is 2.39. The lowest BCUT2D eigenvalue weighted by Crippen LogP contribution is -2.69. The van der Waals surface area contributed by atoms with Gasteiger partial charge in [-0.25, -0.2) is 9.79 Å². The number of methoxy groups -OCH3 is 1. The number of aliphatic hydroxyl groups excluding tert-OH is 10. The van der Waals surface area contributed by atoms with Crippen LogP contribution in [0, 0.1) is 0 Å². The number of carbonyl (C=O) groups excluding carboxylic acids is 1. The zero-order valence-electron chi connectivity index (χ0n) is 24.7. The number of aliphatic hydroxyl groups is 10. The summed E-state index contributed by atoms with van der Waals surface area (Å²) >= 11 is 0. The normalized spacial score (nSPS) is 43.2. The van der Waals surface area contributed by atoms with Crippen molar-refractivity contribution in [2.75, 3.05) is 26.9 Å². The van der Waals surface area contributed by atoms with Crippen LogP contribution in [0.5, 0.6) is 0 Å². The number of amides is 1. The van der Waals surface area contributed by atoms with E-state index in [1.54, 1.807) is 0 Å². The fraction of sp³-hybridized carbons (Fsp3) is 0.880. The molecule has 0 bridgehead atoms. The number of nitrogens with one attached hydrogen (secondary N) is 1. The van der Waals surface area contributed by atoms with Crippen LogP contribution in [0.3, 0.4) is 0 Å². The molecule has 3 saturated heterocycles. The summed E-state index contributed by atoms with van der Waals surface area (Å²) in [5.41, 5.74) is 0. The van der Waals surface area contributed by atoms with Gasteiger partial charge in [-0.3, -0.25) is 4.79 Å². The van der Waals surface area contributed by atoms with Gasteiger partial charge in [0, 0.05) is 13.3 Å². The molecule has 0 saturated carbocycles. The predicted molar refractivity (Wildman–Crippen MR) is 143 cm³/mol. The minimum atomic E-state index is -2.99. The number of rotatable bonds is 13. The maximum absolute atomic E-state index is 12.6. The van der Waals surface area contributed by atoms with E-state index >= 15 is 0 Å². The molecule has 16 unspecified atom stereocenters. The van der Waals surface area contributed by atoms with E-state index in [-0.39, 0.29) is 0 Å². The van der Waals surface area contributed by atoms with Crippen LogP contribution < -0.4 is 5.32 Å². The molecule has 0 aliphatic carbocycles. The second-order valence-electron chi connectivity index (χ2n) is 11.0. The number of aliphatic carboxylic acids is 1. The van der Waals surface area contributed by atoms with Gasteiger partial charge in [-0.15, -0.1) is 0 Å². The summed E-state index contributed by atoms with van der Waals surface area (Å²) in [4.78, 5) is 28.1. The van der Waals surface area contributed by atoms with Gasteiger partial charge >= 0.3 is 5.97 Å². The molecule has 0 spiro atoms. The molecule has 3 fully saturated rings. The van der Waals surface area contributed by atoms with Gasteiger partial charge in [-0.1, -0.05) is 0 Å². The average Bonchev–Trinajstić information content (AvgIpc) is 3.01. The van der Waals surface area contributed by atoms with Crippen molar-refractivity contribution in [1.82, 2.24) is 5.32 Å². The molecule has 21 nitrogen and oxygen atoms in total. The fourth-order valence-electron chi connectivity index (χ4n) is 5.45. The van der Waals surface area contributed by atoms with Gasteiger partial charge in [0.05, 0.1) is 33.0 Å². The van der Waals surface area contributed by atoms with Crippen molar-refractivity contribution in [1.29, 1.82) is 0 Å². The van der Waals surface area contributed by atoms with Crippen LogP contribution in [0.15, 0.2) is 4.99 Å². The van der Waals surface area contributed by atoms with E-state index < -0.39 is 136 Å². The van der Waals surface area contributed by atoms with Crippen molar-refractivity contribution in [3.63, 3.8) is 0 Å². The molecular formula is C25H42N2O19. The predicted octanol–water partition coefficient (Wildman–Crippen LogP) is -7.54. The van der Waals surface area contributed by atoms with Gasteiger partial charge in [0.15, 0.2) is 19.0 Å². The summed E-state index contributed by atoms with van der Waals surface area (Å²) in [6, 6.07) is -2.97. The smallest absolute Gasteiger partial charge is 0.364 e. The Bertz CT molecular complexity index is 1040. The first-order valence-electron chi connectivity index (χ1n) is 14.1.